The molecule has 3 rings (SSSR count). The molecule has 0 aliphatic carbocycles. The Morgan fingerprint density at radius 1 is 1.00 bits per heavy atom. The second kappa shape index (κ2) is 10.5. The van der Waals surface area contributed by atoms with Crippen LogP contribution in [-0.2, 0) is 13.2 Å². The molecule has 0 radical (unpaired) electrons. The highest BCUT2D eigenvalue weighted by Crippen LogP contribution is 2.15. The second-order valence-corrected chi connectivity index (χ2v) is 7.52. The van der Waals surface area contributed by atoms with Gasteiger partial charge in [0.2, 0.25) is 0 Å². The Balaban J connectivity index is 1.30. The lowest BCUT2D eigenvalue weighted by molar-refractivity contribution is 0.0821. The summed E-state index contributed by atoms with van der Waals surface area (Å²) in [5.74, 6) is 0.909. The Morgan fingerprint density at radius 3 is 2.37 bits per heavy atom. The predicted octanol–water partition coefficient (Wildman–Crippen LogP) is 3.51. The smallest absolute Gasteiger partial charge is 0.119 e. The van der Waals surface area contributed by atoms with Gasteiger partial charge in [-0.25, -0.2) is 0 Å². The number of hydrogen-bond donors (Lipinski definition) is 2. The highest BCUT2D eigenvalue weighted by Gasteiger charge is 2.15. The van der Waals surface area contributed by atoms with E-state index in [4.69, 9.17) is 4.74 Å². The number of aryl methyl sites for hydroxylation is 1. The van der Waals surface area contributed by atoms with Crippen molar-refractivity contribution >= 4 is 0 Å². The predicted molar refractivity (Wildman–Crippen MR) is 110 cm³/mol. The van der Waals surface area contributed by atoms with Gasteiger partial charge in [-0.15, -0.1) is 0 Å². The minimum atomic E-state index is -0.0804. The van der Waals surface area contributed by atoms with Gasteiger partial charge in [0.25, 0.3) is 0 Å². The van der Waals surface area contributed by atoms with Crippen molar-refractivity contribution in [3.63, 3.8) is 0 Å². The van der Waals surface area contributed by atoms with Crippen LogP contribution in [0.2, 0.25) is 0 Å². The molecule has 0 amide bonds. The number of hydrogen-bond acceptors (Lipinski definition) is 4. The molecule has 0 unspecified atom stereocenters. The molecule has 146 valence electrons. The van der Waals surface area contributed by atoms with Gasteiger partial charge in [0.05, 0.1) is 6.10 Å². The third-order valence-electron chi connectivity index (χ3n) is 5.16. The Hall–Kier alpha value is -1.88. The lowest BCUT2D eigenvalue weighted by atomic mass is 10.1. The number of ether oxygens (including phenoxy) is 1. The number of likely N-dealkylation sites (tertiary alicyclic amines) is 1. The molecule has 0 spiro atoms. The third kappa shape index (κ3) is 6.98. The van der Waals surface area contributed by atoms with E-state index < -0.39 is 0 Å². The Labute approximate surface area is 163 Å². The van der Waals surface area contributed by atoms with Gasteiger partial charge in [-0.05, 0) is 62.5 Å². The summed E-state index contributed by atoms with van der Waals surface area (Å²) >= 11 is 0. The van der Waals surface area contributed by atoms with E-state index >= 15 is 0 Å². The van der Waals surface area contributed by atoms with Gasteiger partial charge in [0.1, 0.15) is 12.4 Å². The maximum atomic E-state index is 9.54. The Kier molecular flexibility index (Phi) is 7.69. The van der Waals surface area contributed by atoms with Crippen LogP contribution in [0.5, 0.6) is 5.75 Å². The number of piperidine rings is 1. The zero-order valence-electron chi connectivity index (χ0n) is 16.4. The number of rotatable bonds is 9. The highest BCUT2D eigenvalue weighted by atomic mass is 16.5. The Morgan fingerprint density at radius 2 is 1.67 bits per heavy atom. The monoisotopic (exact) mass is 368 g/mol. The summed E-state index contributed by atoms with van der Waals surface area (Å²) in [6.45, 7) is 7.78. The van der Waals surface area contributed by atoms with Crippen molar-refractivity contribution in [1.82, 2.24) is 10.2 Å². The summed E-state index contributed by atoms with van der Waals surface area (Å²) in [5.41, 5.74) is 3.73. The van der Waals surface area contributed by atoms with Crippen LogP contribution in [0.1, 0.15) is 36.0 Å². The van der Waals surface area contributed by atoms with E-state index in [9.17, 15) is 5.11 Å². The van der Waals surface area contributed by atoms with Gasteiger partial charge < -0.3 is 20.1 Å². The molecule has 4 heteroatoms. The largest absolute Gasteiger partial charge is 0.489 e. The van der Waals surface area contributed by atoms with Gasteiger partial charge in [0, 0.05) is 19.6 Å². The van der Waals surface area contributed by atoms with Crippen LogP contribution in [0.15, 0.2) is 48.5 Å². The molecule has 1 fully saturated rings. The molecule has 1 aliphatic heterocycles. The quantitative estimate of drug-likeness (QED) is 0.665. The first-order valence-electron chi connectivity index (χ1n) is 10.1. The standard InChI is InChI=1S/C23H32N2O2/c1-19-3-5-21(6-4-19)18-27-23-9-7-20(8-10-23)17-24-13-2-14-25-15-11-22(26)12-16-25/h3-10,22,24,26H,2,11-18H2,1H3. The molecule has 1 saturated heterocycles. The Bertz CT molecular complexity index is 662. The van der Waals surface area contributed by atoms with Gasteiger partial charge >= 0.3 is 0 Å². The molecule has 1 heterocycles. The first-order chi connectivity index (χ1) is 13.2. The average molecular weight is 369 g/mol. The van der Waals surface area contributed by atoms with E-state index in [2.05, 4.69) is 53.5 Å². The summed E-state index contributed by atoms with van der Waals surface area (Å²) in [5, 5.41) is 13.1. The first-order valence-corrected chi connectivity index (χ1v) is 10.1. The molecule has 0 bridgehead atoms. The van der Waals surface area contributed by atoms with Crippen LogP contribution in [0.4, 0.5) is 0 Å². The number of aliphatic hydroxyl groups excluding tert-OH is 1. The number of benzene rings is 2. The topological polar surface area (TPSA) is 44.7 Å². The normalized spacial score (nSPS) is 15.8. The second-order valence-electron chi connectivity index (χ2n) is 7.52. The zero-order chi connectivity index (χ0) is 18.9. The lowest BCUT2D eigenvalue weighted by Crippen LogP contribution is -2.37. The molecule has 2 aromatic rings. The van der Waals surface area contributed by atoms with Gasteiger partial charge in [0.15, 0.2) is 0 Å². The van der Waals surface area contributed by atoms with E-state index in [-0.39, 0.29) is 6.10 Å². The van der Waals surface area contributed by atoms with Crippen molar-refractivity contribution in [3.8, 4) is 5.75 Å². The van der Waals surface area contributed by atoms with Crippen molar-refractivity contribution in [2.75, 3.05) is 26.2 Å². The minimum Gasteiger partial charge on any atom is -0.489 e. The summed E-state index contributed by atoms with van der Waals surface area (Å²) in [4.78, 5) is 2.45. The maximum absolute atomic E-state index is 9.54. The fourth-order valence-electron chi connectivity index (χ4n) is 3.36. The molecule has 27 heavy (non-hydrogen) atoms. The average Bonchev–Trinajstić information content (AvgIpc) is 2.70. The van der Waals surface area contributed by atoms with Gasteiger partial charge in [-0.3, -0.25) is 0 Å². The highest BCUT2D eigenvalue weighted by molar-refractivity contribution is 5.28. The summed E-state index contributed by atoms with van der Waals surface area (Å²) in [7, 11) is 0. The fraction of sp³-hybridized carbons (Fsp3) is 0.478. The van der Waals surface area contributed by atoms with E-state index in [0.717, 1.165) is 57.7 Å². The van der Waals surface area contributed by atoms with Crippen LogP contribution in [0.3, 0.4) is 0 Å². The SMILES string of the molecule is Cc1ccc(COc2ccc(CNCCCN3CCC(O)CC3)cc2)cc1. The molecule has 0 aromatic heterocycles. The summed E-state index contributed by atoms with van der Waals surface area (Å²) in [6, 6.07) is 16.8. The van der Waals surface area contributed by atoms with E-state index in [1.165, 1.54) is 16.7 Å². The zero-order valence-corrected chi connectivity index (χ0v) is 16.4. The third-order valence-corrected chi connectivity index (χ3v) is 5.16. The molecule has 4 nitrogen and oxygen atoms in total. The van der Waals surface area contributed by atoms with E-state index in [0.29, 0.717) is 6.61 Å². The van der Waals surface area contributed by atoms with Crippen molar-refractivity contribution in [2.24, 2.45) is 0 Å². The van der Waals surface area contributed by atoms with Crippen molar-refractivity contribution in [2.45, 2.75) is 45.4 Å². The van der Waals surface area contributed by atoms with Gasteiger partial charge in [-0.2, -0.15) is 0 Å². The molecular formula is C23H32N2O2. The number of nitrogens with one attached hydrogen (secondary N) is 1. The van der Waals surface area contributed by atoms with Crippen molar-refractivity contribution in [1.29, 1.82) is 0 Å². The maximum Gasteiger partial charge on any atom is 0.119 e. The lowest BCUT2D eigenvalue weighted by Gasteiger charge is -2.29. The van der Waals surface area contributed by atoms with Crippen LogP contribution >= 0.6 is 0 Å². The van der Waals surface area contributed by atoms with Gasteiger partial charge in [-0.1, -0.05) is 42.0 Å². The molecule has 0 saturated carbocycles. The number of aliphatic hydroxyl groups is 1. The van der Waals surface area contributed by atoms with E-state index in [1.54, 1.807) is 0 Å². The van der Waals surface area contributed by atoms with Crippen LogP contribution in [0, 0.1) is 6.92 Å². The molecular weight excluding hydrogens is 336 g/mol. The van der Waals surface area contributed by atoms with Crippen molar-refractivity contribution < 1.29 is 9.84 Å². The van der Waals surface area contributed by atoms with E-state index in [1.807, 2.05) is 12.1 Å². The van der Waals surface area contributed by atoms with Crippen LogP contribution in [-0.4, -0.2) is 42.3 Å². The fourth-order valence-corrected chi connectivity index (χ4v) is 3.36. The summed E-state index contributed by atoms with van der Waals surface area (Å²) < 4.78 is 5.86. The molecule has 1 aliphatic rings. The van der Waals surface area contributed by atoms with Crippen molar-refractivity contribution in [3.05, 3.63) is 65.2 Å². The summed E-state index contributed by atoms with van der Waals surface area (Å²) in [6.07, 6.45) is 2.91. The molecule has 0 atom stereocenters. The van der Waals surface area contributed by atoms with Crippen LogP contribution < -0.4 is 10.1 Å². The molecule has 2 aromatic carbocycles. The first kappa shape index (κ1) is 19.9. The molecule has 2 N–H and O–H groups in total. The number of nitrogens with zero attached hydrogens (tertiary/aromatic N) is 1. The minimum absolute atomic E-state index is 0.0804. The van der Waals surface area contributed by atoms with Crippen LogP contribution in [0.25, 0.3) is 0 Å².